The van der Waals surface area contributed by atoms with Crippen LogP contribution in [0.1, 0.15) is 11.3 Å². The summed E-state index contributed by atoms with van der Waals surface area (Å²) in [5, 5.41) is 0.229. The highest BCUT2D eigenvalue weighted by Gasteiger charge is 2.49. The van der Waals surface area contributed by atoms with Gasteiger partial charge in [0.05, 0.1) is 35.5 Å². The van der Waals surface area contributed by atoms with Crippen molar-refractivity contribution in [2.45, 2.75) is 37.4 Å². The van der Waals surface area contributed by atoms with Crippen molar-refractivity contribution in [3.8, 4) is 11.5 Å². The highest BCUT2D eigenvalue weighted by Crippen LogP contribution is 2.37. The molecular formula is C25H26F3N3O6S. The average molecular weight is 554 g/mol. The summed E-state index contributed by atoms with van der Waals surface area (Å²) in [7, 11) is -0.995. The monoisotopic (exact) mass is 553 g/mol. The maximum absolute atomic E-state index is 14.3. The summed E-state index contributed by atoms with van der Waals surface area (Å²) in [5.74, 6) is -0.475. The van der Waals surface area contributed by atoms with Gasteiger partial charge in [-0.2, -0.15) is 13.1 Å². The van der Waals surface area contributed by atoms with Gasteiger partial charge in [0.1, 0.15) is 42.0 Å². The van der Waals surface area contributed by atoms with Crippen LogP contribution in [0, 0.1) is 5.82 Å². The second-order valence-electron chi connectivity index (χ2n) is 9.26. The molecule has 3 heterocycles. The Bertz CT molecular complexity index is 1460. The fourth-order valence-corrected chi connectivity index (χ4v) is 5.31. The van der Waals surface area contributed by atoms with E-state index in [0.717, 1.165) is 0 Å². The van der Waals surface area contributed by atoms with Crippen molar-refractivity contribution in [3.05, 3.63) is 53.7 Å². The fourth-order valence-electron chi connectivity index (χ4n) is 4.69. The molecule has 0 saturated carbocycles. The van der Waals surface area contributed by atoms with Gasteiger partial charge in [0.25, 0.3) is 0 Å². The topological polar surface area (TPSA) is 101 Å². The number of aromatic nitrogens is 2. The molecule has 4 atom stereocenters. The van der Waals surface area contributed by atoms with Crippen LogP contribution in [0.4, 0.5) is 18.9 Å². The van der Waals surface area contributed by atoms with Gasteiger partial charge in [0, 0.05) is 53.5 Å². The fraction of sp³-hybridized carbons (Fsp3) is 0.440. The maximum atomic E-state index is 14.3. The van der Waals surface area contributed by atoms with Gasteiger partial charge in [-0.25, -0.2) is 18.6 Å². The second-order valence-corrected chi connectivity index (χ2v) is 11.8. The molecule has 0 bridgehead atoms. The number of nitrogens with zero attached hydrogens (tertiary/aromatic N) is 3. The quantitative estimate of drug-likeness (QED) is 0.414. The lowest BCUT2D eigenvalue weighted by atomic mass is 10.0. The van der Waals surface area contributed by atoms with Gasteiger partial charge in [0.15, 0.2) is 6.10 Å². The number of hydrogen-bond acceptors (Lipinski definition) is 9. The van der Waals surface area contributed by atoms with Crippen LogP contribution >= 0.6 is 0 Å². The zero-order valence-electron chi connectivity index (χ0n) is 20.8. The van der Waals surface area contributed by atoms with Crippen LogP contribution in [0.15, 0.2) is 41.0 Å². The van der Waals surface area contributed by atoms with E-state index in [0.29, 0.717) is 17.9 Å². The van der Waals surface area contributed by atoms with Gasteiger partial charge in [0.2, 0.25) is 0 Å². The molecule has 0 aliphatic carbocycles. The van der Waals surface area contributed by atoms with E-state index in [9.17, 15) is 17.4 Å². The summed E-state index contributed by atoms with van der Waals surface area (Å²) in [5.41, 5.74) is 1.36. The van der Waals surface area contributed by atoms with E-state index in [1.165, 1.54) is 43.1 Å². The molecule has 3 aromatic rings. The van der Waals surface area contributed by atoms with Gasteiger partial charge in [-0.15, -0.1) is 0 Å². The van der Waals surface area contributed by atoms with Crippen molar-refractivity contribution in [1.29, 1.82) is 0 Å². The summed E-state index contributed by atoms with van der Waals surface area (Å²) in [6, 6.07) is 6.86. The van der Waals surface area contributed by atoms with Gasteiger partial charge < -0.3 is 23.7 Å². The van der Waals surface area contributed by atoms with E-state index in [-0.39, 0.29) is 59.4 Å². The highest BCUT2D eigenvalue weighted by molar-refractivity contribution is 7.92. The molecule has 2 aliphatic heterocycles. The van der Waals surface area contributed by atoms with Crippen molar-refractivity contribution < 1.29 is 41.1 Å². The number of alkyl halides is 2. The Morgan fingerprint density at radius 1 is 1.08 bits per heavy atom. The molecule has 0 N–H and O–H groups in total. The standard InChI is InChI=1S/C25H26F3N3O6S/c1-33-20-10-34-24-21(11-35-23(20)24)36-18-7-14(26)5-4-13(18)6-16-22-17(30-12-29-16)8-15(31-38(2,3)32)9-19(22)37-25(27)28/h4-5,7-9,12,20-21,23-25H,6,10-11H2,1-3H3/t20-,21-,23-,24-/m1/s1. The molecule has 2 saturated heterocycles. The molecule has 2 fully saturated rings. The van der Waals surface area contributed by atoms with Crippen LogP contribution in [0.2, 0.25) is 0 Å². The van der Waals surface area contributed by atoms with E-state index < -0.39 is 28.3 Å². The molecule has 9 nitrogen and oxygen atoms in total. The molecule has 0 amide bonds. The Hall–Kier alpha value is -3.00. The molecular weight excluding hydrogens is 527 g/mol. The smallest absolute Gasteiger partial charge is 0.387 e. The summed E-state index contributed by atoms with van der Waals surface area (Å²) in [6.45, 7) is -2.53. The van der Waals surface area contributed by atoms with Crippen molar-refractivity contribution in [2.24, 2.45) is 4.36 Å². The number of rotatable bonds is 8. The van der Waals surface area contributed by atoms with Crippen molar-refractivity contribution in [2.75, 3.05) is 32.8 Å². The number of ether oxygens (including phenoxy) is 5. The molecule has 204 valence electrons. The lowest BCUT2D eigenvalue weighted by molar-refractivity contribution is -0.0487. The molecule has 38 heavy (non-hydrogen) atoms. The Morgan fingerprint density at radius 3 is 2.53 bits per heavy atom. The predicted octanol–water partition coefficient (Wildman–Crippen LogP) is 3.88. The number of hydrogen-bond donors (Lipinski definition) is 0. The molecule has 0 unspecified atom stereocenters. The summed E-state index contributed by atoms with van der Waals surface area (Å²) in [6.07, 6.45) is 2.84. The first-order valence-corrected chi connectivity index (χ1v) is 14.0. The minimum absolute atomic E-state index is 0.0895. The molecule has 13 heteroatoms. The van der Waals surface area contributed by atoms with E-state index in [1.54, 1.807) is 13.2 Å². The van der Waals surface area contributed by atoms with Gasteiger partial charge >= 0.3 is 6.61 Å². The van der Waals surface area contributed by atoms with Crippen molar-refractivity contribution in [1.82, 2.24) is 9.97 Å². The van der Waals surface area contributed by atoms with Crippen LogP contribution in [-0.4, -0.2) is 78.0 Å². The molecule has 1 aromatic heterocycles. The zero-order valence-corrected chi connectivity index (χ0v) is 21.6. The van der Waals surface area contributed by atoms with Crippen molar-refractivity contribution >= 4 is 26.3 Å². The average Bonchev–Trinajstić information content (AvgIpc) is 3.42. The van der Waals surface area contributed by atoms with Crippen LogP contribution in [0.25, 0.3) is 10.9 Å². The Labute approximate surface area is 217 Å². The van der Waals surface area contributed by atoms with Crippen LogP contribution in [0.3, 0.4) is 0 Å². The van der Waals surface area contributed by atoms with Crippen LogP contribution < -0.4 is 9.47 Å². The SMILES string of the molecule is CO[C@@H]1CO[C@H]2[C@@H]1OC[C@H]2Oc1cc(F)ccc1Cc1ncnc2cc(N=S(C)(C)=O)cc(OC(F)F)c12. The lowest BCUT2D eigenvalue weighted by Gasteiger charge is -2.20. The molecule has 2 aliphatic rings. The lowest BCUT2D eigenvalue weighted by Crippen LogP contribution is -2.35. The normalized spacial score (nSPS) is 23.1. The molecule has 5 rings (SSSR count). The van der Waals surface area contributed by atoms with Gasteiger partial charge in [-0.1, -0.05) is 6.07 Å². The maximum Gasteiger partial charge on any atom is 0.387 e. The van der Waals surface area contributed by atoms with E-state index >= 15 is 0 Å². The molecule has 0 spiro atoms. The van der Waals surface area contributed by atoms with E-state index in [1.807, 2.05) is 0 Å². The van der Waals surface area contributed by atoms with E-state index in [2.05, 4.69) is 14.3 Å². The highest BCUT2D eigenvalue weighted by atomic mass is 32.2. The largest absolute Gasteiger partial charge is 0.485 e. The predicted molar refractivity (Wildman–Crippen MR) is 132 cm³/mol. The number of benzene rings is 2. The zero-order chi connectivity index (χ0) is 27.0. The number of fused-ring (bicyclic) bond motifs is 2. The number of halogens is 3. The van der Waals surface area contributed by atoms with E-state index in [4.69, 9.17) is 23.7 Å². The Balaban J connectivity index is 1.51. The Kier molecular flexibility index (Phi) is 7.45. The Morgan fingerprint density at radius 2 is 1.82 bits per heavy atom. The third-order valence-corrected chi connectivity index (χ3v) is 6.89. The first kappa shape index (κ1) is 26.6. The first-order valence-electron chi connectivity index (χ1n) is 11.7. The van der Waals surface area contributed by atoms with Gasteiger partial charge in [-0.05, 0) is 12.1 Å². The molecule has 2 aromatic carbocycles. The summed E-state index contributed by atoms with van der Waals surface area (Å²) in [4.78, 5) is 8.49. The second kappa shape index (κ2) is 10.6. The summed E-state index contributed by atoms with van der Waals surface area (Å²) < 4.78 is 85.1. The third kappa shape index (κ3) is 5.70. The number of methoxy groups -OCH3 is 1. The minimum Gasteiger partial charge on any atom is -0.485 e. The first-order chi connectivity index (χ1) is 18.1. The summed E-state index contributed by atoms with van der Waals surface area (Å²) >= 11 is 0. The van der Waals surface area contributed by atoms with Crippen LogP contribution in [0.5, 0.6) is 11.5 Å². The minimum atomic E-state index is -3.13. The molecule has 0 radical (unpaired) electrons. The van der Waals surface area contributed by atoms with Crippen molar-refractivity contribution in [3.63, 3.8) is 0 Å². The van der Waals surface area contributed by atoms with Gasteiger partial charge in [-0.3, -0.25) is 0 Å². The van der Waals surface area contributed by atoms with Crippen LogP contribution in [-0.2, 0) is 30.4 Å². The third-order valence-electron chi connectivity index (χ3n) is 6.24.